The molecule has 0 spiro atoms. The normalized spacial score (nSPS) is 14.6. The van der Waals surface area contributed by atoms with Crippen molar-refractivity contribution in [3.05, 3.63) is 64.2 Å². The second-order valence-corrected chi connectivity index (χ2v) is 7.72. The van der Waals surface area contributed by atoms with E-state index in [0.29, 0.717) is 10.6 Å². The van der Waals surface area contributed by atoms with Crippen LogP contribution in [-0.2, 0) is 6.54 Å². The summed E-state index contributed by atoms with van der Waals surface area (Å²) in [6, 6.07) is 13.4. The van der Waals surface area contributed by atoms with Crippen LogP contribution in [0.1, 0.15) is 40.7 Å². The average molecular weight is 402 g/mol. The third kappa shape index (κ3) is 5.76. The average Bonchev–Trinajstić information content (AvgIpc) is 2.66. The van der Waals surface area contributed by atoms with E-state index in [-0.39, 0.29) is 11.0 Å². The lowest BCUT2D eigenvalue weighted by atomic mass is 10.1. The van der Waals surface area contributed by atoms with Crippen LogP contribution in [0.25, 0.3) is 0 Å². The standard InChI is InChI=1S/C21H24ClN3OS/c1-15-5-8-17(13-19(15)22)20(26)24-21(27)23-18-9-6-16(7-10-18)14-25-11-3-2-4-12-25/h5-10,13H,2-4,11-12,14H2,1H3,(H2,23,24,26,27). The van der Waals surface area contributed by atoms with Crippen molar-refractivity contribution < 1.29 is 4.79 Å². The highest BCUT2D eigenvalue weighted by molar-refractivity contribution is 7.80. The molecule has 0 unspecified atom stereocenters. The third-order valence-electron chi connectivity index (χ3n) is 4.73. The van der Waals surface area contributed by atoms with E-state index < -0.39 is 0 Å². The van der Waals surface area contributed by atoms with Gasteiger partial charge in [0.15, 0.2) is 5.11 Å². The summed E-state index contributed by atoms with van der Waals surface area (Å²) in [5, 5.41) is 6.56. The summed E-state index contributed by atoms with van der Waals surface area (Å²) in [6.07, 6.45) is 3.93. The first kappa shape index (κ1) is 19.8. The van der Waals surface area contributed by atoms with Gasteiger partial charge in [0.25, 0.3) is 5.91 Å². The maximum atomic E-state index is 12.3. The SMILES string of the molecule is Cc1ccc(C(=O)NC(=S)Nc2ccc(CN3CCCCC3)cc2)cc1Cl. The molecule has 2 N–H and O–H groups in total. The summed E-state index contributed by atoms with van der Waals surface area (Å²) in [4.78, 5) is 14.8. The molecular weight excluding hydrogens is 378 g/mol. The number of nitrogens with zero attached hydrogens (tertiary/aromatic N) is 1. The number of aryl methyl sites for hydroxylation is 1. The first-order valence-corrected chi connectivity index (χ1v) is 10.00. The number of carbonyl (C=O) groups is 1. The van der Waals surface area contributed by atoms with Crippen LogP contribution in [0.4, 0.5) is 5.69 Å². The molecule has 4 nitrogen and oxygen atoms in total. The maximum Gasteiger partial charge on any atom is 0.257 e. The lowest BCUT2D eigenvalue weighted by Crippen LogP contribution is -2.34. The van der Waals surface area contributed by atoms with Crippen molar-refractivity contribution in [2.45, 2.75) is 32.7 Å². The van der Waals surface area contributed by atoms with Gasteiger partial charge in [0.2, 0.25) is 0 Å². The molecule has 1 heterocycles. The molecule has 27 heavy (non-hydrogen) atoms. The predicted molar refractivity (Wildman–Crippen MR) is 115 cm³/mol. The number of thiocarbonyl (C=S) groups is 1. The number of carbonyl (C=O) groups excluding carboxylic acids is 1. The Hall–Kier alpha value is -1.95. The van der Waals surface area contributed by atoms with E-state index in [4.69, 9.17) is 23.8 Å². The van der Waals surface area contributed by atoms with Crippen LogP contribution in [0.2, 0.25) is 5.02 Å². The molecule has 0 aromatic heterocycles. The van der Waals surface area contributed by atoms with Crippen molar-refractivity contribution in [3.8, 4) is 0 Å². The molecule has 1 saturated heterocycles. The Labute approximate surface area is 170 Å². The van der Waals surface area contributed by atoms with E-state index in [0.717, 1.165) is 17.8 Å². The van der Waals surface area contributed by atoms with Gasteiger partial charge in [-0.2, -0.15) is 0 Å². The summed E-state index contributed by atoms with van der Waals surface area (Å²) < 4.78 is 0. The number of benzene rings is 2. The minimum Gasteiger partial charge on any atom is -0.332 e. The van der Waals surface area contributed by atoms with Crippen LogP contribution in [0.15, 0.2) is 42.5 Å². The van der Waals surface area contributed by atoms with Crippen molar-refractivity contribution in [1.29, 1.82) is 0 Å². The second-order valence-electron chi connectivity index (χ2n) is 6.91. The van der Waals surface area contributed by atoms with Gasteiger partial charge in [-0.3, -0.25) is 15.0 Å². The maximum absolute atomic E-state index is 12.3. The number of rotatable bonds is 4. The molecule has 3 rings (SSSR count). The number of nitrogens with one attached hydrogen (secondary N) is 2. The van der Waals surface area contributed by atoms with Crippen molar-refractivity contribution in [1.82, 2.24) is 10.2 Å². The Bertz CT molecular complexity index is 817. The van der Waals surface area contributed by atoms with Crippen LogP contribution in [0.3, 0.4) is 0 Å². The molecule has 0 saturated carbocycles. The lowest BCUT2D eigenvalue weighted by Gasteiger charge is -2.26. The first-order chi connectivity index (χ1) is 13.0. The zero-order valence-corrected chi connectivity index (χ0v) is 17.0. The number of piperidine rings is 1. The van der Waals surface area contributed by atoms with Crippen LogP contribution < -0.4 is 10.6 Å². The van der Waals surface area contributed by atoms with E-state index in [2.05, 4.69) is 27.7 Å². The van der Waals surface area contributed by atoms with Crippen LogP contribution in [0, 0.1) is 6.92 Å². The molecule has 1 aliphatic rings. The van der Waals surface area contributed by atoms with Crippen molar-refractivity contribution in [2.24, 2.45) is 0 Å². The summed E-state index contributed by atoms with van der Waals surface area (Å²) >= 11 is 11.3. The number of amides is 1. The molecule has 1 fully saturated rings. The van der Waals surface area contributed by atoms with Gasteiger partial charge in [-0.05, 0) is 80.5 Å². The lowest BCUT2D eigenvalue weighted by molar-refractivity contribution is 0.0977. The third-order valence-corrected chi connectivity index (χ3v) is 5.34. The molecule has 0 aliphatic carbocycles. The number of hydrogen-bond donors (Lipinski definition) is 2. The highest BCUT2D eigenvalue weighted by atomic mass is 35.5. The van der Waals surface area contributed by atoms with Gasteiger partial charge in [-0.15, -0.1) is 0 Å². The van der Waals surface area contributed by atoms with Crippen LogP contribution in [0.5, 0.6) is 0 Å². The Kier molecular flexibility index (Phi) is 6.83. The highest BCUT2D eigenvalue weighted by Gasteiger charge is 2.11. The number of halogens is 1. The second kappa shape index (κ2) is 9.31. The van der Waals surface area contributed by atoms with E-state index in [9.17, 15) is 4.79 Å². The molecule has 0 bridgehead atoms. The highest BCUT2D eigenvalue weighted by Crippen LogP contribution is 2.17. The fraction of sp³-hybridized carbons (Fsp3) is 0.333. The number of likely N-dealkylation sites (tertiary alicyclic amines) is 1. The molecule has 1 amide bonds. The zero-order chi connectivity index (χ0) is 19.2. The van der Waals surface area contributed by atoms with Gasteiger partial charge < -0.3 is 5.32 Å². The quantitative estimate of drug-likeness (QED) is 0.725. The molecular formula is C21H24ClN3OS. The van der Waals surface area contributed by atoms with Crippen LogP contribution in [-0.4, -0.2) is 29.0 Å². The Morgan fingerprint density at radius 2 is 1.81 bits per heavy atom. The smallest absolute Gasteiger partial charge is 0.257 e. The van der Waals surface area contributed by atoms with Gasteiger partial charge in [0, 0.05) is 22.8 Å². The minimum atomic E-state index is -0.281. The van der Waals surface area contributed by atoms with E-state index >= 15 is 0 Å². The summed E-state index contributed by atoms with van der Waals surface area (Å²) in [6.45, 7) is 5.24. The van der Waals surface area contributed by atoms with E-state index in [1.54, 1.807) is 12.1 Å². The number of anilines is 1. The predicted octanol–water partition coefficient (Wildman–Crippen LogP) is 4.76. The Balaban J connectivity index is 1.52. The largest absolute Gasteiger partial charge is 0.332 e. The minimum absolute atomic E-state index is 0.264. The van der Waals surface area contributed by atoms with Crippen molar-refractivity contribution in [2.75, 3.05) is 18.4 Å². The molecule has 0 radical (unpaired) electrons. The van der Waals surface area contributed by atoms with Gasteiger partial charge in [-0.25, -0.2) is 0 Å². The molecule has 6 heteroatoms. The van der Waals surface area contributed by atoms with E-state index in [1.165, 1.54) is 37.9 Å². The van der Waals surface area contributed by atoms with Gasteiger partial charge in [0.1, 0.15) is 0 Å². The van der Waals surface area contributed by atoms with E-state index in [1.807, 2.05) is 25.1 Å². The van der Waals surface area contributed by atoms with Gasteiger partial charge >= 0.3 is 0 Å². The molecule has 1 aliphatic heterocycles. The molecule has 2 aromatic rings. The Morgan fingerprint density at radius 1 is 1.11 bits per heavy atom. The van der Waals surface area contributed by atoms with Crippen LogP contribution >= 0.6 is 23.8 Å². The summed E-state index contributed by atoms with van der Waals surface area (Å²) in [7, 11) is 0. The molecule has 142 valence electrons. The summed E-state index contributed by atoms with van der Waals surface area (Å²) in [5.74, 6) is -0.281. The zero-order valence-electron chi connectivity index (χ0n) is 15.4. The topological polar surface area (TPSA) is 44.4 Å². The first-order valence-electron chi connectivity index (χ1n) is 9.21. The fourth-order valence-corrected chi connectivity index (χ4v) is 3.53. The molecule has 0 atom stereocenters. The number of hydrogen-bond acceptors (Lipinski definition) is 3. The fourth-order valence-electron chi connectivity index (χ4n) is 3.14. The Morgan fingerprint density at radius 3 is 2.48 bits per heavy atom. The monoisotopic (exact) mass is 401 g/mol. The molecule has 2 aromatic carbocycles. The van der Waals surface area contributed by atoms with Crippen molar-refractivity contribution >= 4 is 40.5 Å². The van der Waals surface area contributed by atoms with Gasteiger partial charge in [-0.1, -0.05) is 36.2 Å². The van der Waals surface area contributed by atoms with Gasteiger partial charge in [0.05, 0.1) is 0 Å². The van der Waals surface area contributed by atoms with Crippen molar-refractivity contribution in [3.63, 3.8) is 0 Å². The summed E-state index contributed by atoms with van der Waals surface area (Å²) in [5.41, 5.74) is 3.54.